The lowest BCUT2D eigenvalue weighted by molar-refractivity contribution is -0.130. The average Bonchev–Trinajstić information content (AvgIpc) is 3.11. The summed E-state index contributed by atoms with van der Waals surface area (Å²) >= 11 is 0. The van der Waals surface area contributed by atoms with Gasteiger partial charge in [0.2, 0.25) is 21.8 Å². The molecule has 0 heterocycles. The molecule has 1 aliphatic carbocycles. The van der Waals surface area contributed by atoms with E-state index in [1.165, 1.54) is 44.5 Å². The standard InChI is InChI=1S/C38H58N6O6S/c1-8-39-38(48)34(25(2)3)43-35(45)27(5)40-24-32(20-19-28-15-11-9-12-16-28)42-37(47)31-21-30(22-33(23-31)44(6)51(7,49)50)36(46)41-26(4)29-17-13-10-14-18-29/h10,13-14,17-18,21-23,25-28,32,34,40H,8-9,11-12,15-16,19-20,24H2,1-7H3,(H,39,48)(H,41,46)(H,42,47)(H,43,45)/t26-,27+,32+,34+/m1/s1. The van der Waals surface area contributed by atoms with Crippen LogP contribution in [0.4, 0.5) is 5.69 Å². The largest absolute Gasteiger partial charge is 0.355 e. The Hall–Kier alpha value is -3.97. The van der Waals surface area contributed by atoms with Crippen molar-refractivity contribution in [3.8, 4) is 0 Å². The summed E-state index contributed by atoms with van der Waals surface area (Å²) in [5.74, 6) is -1.04. The first-order valence-electron chi connectivity index (χ1n) is 18.2. The Morgan fingerprint density at radius 2 is 1.45 bits per heavy atom. The lowest BCUT2D eigenvalue weighted by Crippen LogP contribution is -2.55. The molecule has 13 heteroatoms. The molecule has 0 aromatic heterocycles. The van der Waals surface area contributed by atoms with E-state index < -0.39 is 33.9 Å². The third-order valence-corrected chi connectivity index (χ3v) is 10.8. The second-order valence-electron chi connectivity index (χ2n) is 14.1. The van der Waals surface area contributed by atoms with Crippen molar-refractivity contribution in [2.45, 2.75) is 104 Å². The number of likely N-dealkylation sites (N-methyl/N-ethyl adjacent to an activating group) is 1. The molecule has 0 aliphatic heterocycles. The molecule has 0 unspecified atom stereocenters. The quantitative estimate of drug-likeness (QED) is 0.153. The molecular weight excluding hydrogens is 669 g/mol. The van der Waals surface area contributed by atoms with Gasteiger partial charge in [-0.1, -0.05) is 76.3 Å². The Labute approximate surface area is 304 Å². The number of amides is 4. The fraction of sp³-hybridized carbons (Fsp3) is 0.579. The molecule has 3 rings (SSSR count). The van der Waals surface area contributed by atoms with E-state index in [-0.39, 0.29) is 53.2 Å². The van der Waals surface area contributed by atoms with Crippen LogP contribution in [0, 0.1) is 11.8 Å². The number of rotatable bonds is 18. The fourth-order valence-electron chi connectivity index (χ4n) is 6.27. The minimum Gasteiger partial charge on any atom is -0.355 e. The van der Waals surface area contributed by atoms with Crippen LogP contribution < -0.4 is 30.9 Å². The van der Waals surface area contributed by atoms with Gasteiger partial charge in [0, 0.05) is 37.3 Å². The van der Waals surface area contributed by atoms with E-state index in [9.17, 15) is 27.6 Å². The Morgan fingerprint density at radius 3 is 2.02 bits per heavy atom. The molecule has 282 valence electrons. The second kappa shape index (κ2) is 19.6. The first-order valence-corrected chi connectivity index (χ1v) is 20.0. The van der Waals surface area contributed by atoms with Gasteiger partial charge in [0.25, 0.3) is 11.8 Å². The number of nitrogens with zero attached hydrogens (tertiary/aromatic N) is 1. The number of hydrogen-bond donors (Lipinski definition) is 5. The van der Waals surface area contributed by atoms with Crippen LogP contribution in [0.25, 0.3) is 0 Å². The summed E-state index contributed by atoms with van der Waals surface area (Å²) in [4.78, 5) is 53.1. The summed E-state index contributed by atoms with van der Waals surface area (Å²) in [6.45, 7) is 9.88. The van der Waals surface area contributed by atoms with Crippen molar-refractivity contribution in [3.63, 3.8) is 0 Å². The van der Waals surface area contributed by atoms with E-state index in [1.54, 1.807) is 6.92 Å². The monoisotopic (exact) mass is 726 g/mol. The molecular formula is C38H58N6O6S. The number of nitrogens with one attached hydrogen (secondary N) is 5. The van der Waals surface area contributed by atoms with E-state index in [2.05, 4.69) is 26.6 Å². The molecule has 4 amide bonds. The van der Waals surface area contributed by atoms with Crippen LogP contribution in [-0.2, 0) is 19.6 Å². The van der Waals surface area contributed by atoms with Crippen molar-refractivity contribution in [1.82, 2.24) is 26.6 Å². The summed E-state index contributed by atoms with van der Waals surface area (Å²) in [5, 5.41) is 14.9. The van der Waals surface area contributed by atoms with Crippen molar-refractivity contribution < 1.29 is 27.6 Å². The van der Waals surface area contributed by atoms with Crippen LogP contribution in [0.2, 0.25) is 0 Å². The number of sulfonamides is 1. The van der Waals surface area contributed by atoms with Crippen LogP contribution >= 0.6 is 0 Å². The van der Waals surface area contributed by atoms with Crippen LogP contribution in [0.15, 0.2) is 48.5 Å². The molecule has 51 heavy (non-hydrogen) atoms. The maximum atomic E-state index is 13.9. The van der Waals surface area contributed by atoms with Crippen LogP contribution in [0.5, 0.6) is 0 Å². The summed E-state index contributed by atoms with van der Waals surface area (Å²) < 4.78 is 26.1. The van der Waals surface area contributed by atoms with Gasteiger partial charge < -0.3 is 26.6 Å². The molecule has 1 aliphatic rings. The predicted molar refractivity (Wildman–Crippen MR) is 202 cm³/mol. The molecule has 4 atom stereocenters. The van der Waals surface area contributed by atoms with Crippen molar-refractivity contribution in [1.29, 1.82) is 0 Å². The van der Waals surface area contributed by atoms with Gasteiger partial charge >= 0.3 is 0 Å². The fourth-order valence-corrected chi connectivity index (χ4v) is 6.76. The Kier molecular flexibility index (Phi) is 15.9. The average molecular weight is 727 g/mol. The highest BCUT2D eigenvalue weighted by molar-refractivity contribution is 7.92. The van der Waals surface area contributed by atoms with Gasteiger partial charge in [-0.15, -0.1) is 0 Å². The third kappa shape index (κ3) is 12.9. The van der Waals surface area contributed by atoms with Gasteiger partial charge in [-0.05, 0) is 69.2 Å². The molecule has 2 aromatic rings. The van der Waals surface area contributed by atoms with Crippen molar-refractivity contribution in [3.05, 3.63) is 65.2 Å². The number of carbonyl (C=O) groups excluding carboxylic acids is 4. The highest BCUT2D eigenvalue weighted by Crippen LogP contribution is 2.28. The van der Waals surface area contributed by atoms with Gasteiger partial charge in [0.05, 0.1) is 24.0 Å². The number of benzene rings is 2. The maximum absolute atomic E-state index is 13.9. The Bertz CT molecular complexity index is 1580. The van der Waals surface area contributed by atoms with Crippen LogP contribution in [0.3, 0.4) is 0 Å². The Balaban J connectivity index is 1.83. The van der Waals surface area contributed by atoms with E-state index >= 15 is 0 Å². The van der Waals surface area contributed by atoms with Crippen molar-refractivity contribution in [2.24, 2.45) is 11.8 Å². The molecule has 5 N–H and O–H groups in total. The van der Waals surface area contributed by atoms with Gasteiger partial charge in [-0.25, -0.2) is 8.42 Å². The lowest BCUT2D eigenvalue weighted by atomic mass is 9.85. The molecule has 0 bridgehead atoms. The van der Waals surface area contributed by atoms with Gasteiger partial charge in [-0.3, -0.25) is 23.5 Å². The minimum atomic E-state index is -3.70. The second-order valence-corrected chi connectivity index (χ2v) is 16.1. The molecule has 2 aromatic carbocycles. The molecule has 0 radical (unpaired) electrons. The molecule has 1 fully saturated rings. The molecule has 12 nitrogen and oxygen atoms in total. The SMILES string of the molecule is CCNC(=O)[C@@H](NC(=O)[C@H](C)NC[C@H](CCC1CCCCC1)NC(=O)c1cc(C(=O)N[C@H](C)c2ccccc2)cc(N(C)S(C)(=O)=O)c1)C(C)C. The molecule has 0 saturated heterocycles. The first-order chi connectivity index (χ1) is 24.1. The smallest absolute Gasteiger partial charge is 0.251 e. The zero-order chi connectivity index (χ0) is 37.7. The predicted octanol–water partition coefficient (Wildman–Crippen LogP) is 4.29. The van der Waals surface area contributed by atoms with E-state index in [0.29, 0.717) is 18.9 Å². The van der Waals surface area contributed by atoms with Crippen LogP contribution in [0.1, 0.15) is 112 Å². The maximum Gasteiger partial charge on any atom is 0.251 e. The van der Waals surface area contributed by atoms with Gasteiger partial charge in [0.1, 0.15) is 6.04 Å². The molecule has 1 saturated carbocycles. The Morgan fingerprint density at radius 1 is 0.843 bits per heavy atom. The van der Waals surface area contributed by atoms with Crippen molar-refractivity contribution >= 4 is 39.3 Å². The number of carbonyl (C=O) groups is 4. The van der Waals surface area contributed by atoms with E-state index in [1.807, 2.05) is 58.0 Å². The number of hydrogen-bond acceptors (Lipinski definition) is 7. The zero-order valence-electron chi connectivity index (χ0n) is 31.3. The van der Waals surface area contributed by atoms with Crippen molar-refractivity contribution in [2.75, 3.05) is 30.7 Å². The lowest BCUT2D eigenvalue weighted by Gasteiger charge is -2.27. The first kappa shape index (κ1) is 41.5. The summed E-state index contributed by atoms with van der Waals surface area (Å²) in [7, 11) is -2.33. The van der Waals surface area contributed by atoms with E-state index in [0.717, 1.165) is 35.4 Å². The van der Waals surface area contributed by atoms with E-state index in [4.69, 9.17) is 0 Å². The third-order valence-electron chi connectivity index (χ3n) is 9.60. The highest BCUT2D eigenvalue weighted by atomic mass is 32.2. The van der Waals surface area contributed by atoms with Gasteiger partial charge in [-0.2, -0.15) is 0 Å². The summed E-state index contributed by atoms with van der Waals surface area (Å²) in [5.41, 5.74) is 1.35. The summed E-state index contributed by atoms with van der Waals surface area (Å²) in [6.07, 6.45) is 8.52. The van der Waals surface area contributed by atoms with Crippen LogP contribution in [-0.4, -0.2) is 76.6 Å². The normalized spacial score (nSPS) is 16.0. The minimum absolute atomic E-state index is 0.110. The highest BCUT2D eigenvalue weighted by Gasteiger charge is 2.27. The van der Waals surface area contributed by atoms with Gasteiger partial charge in [0.15, 0.2) is 0 Å². The summed E-state index contributed by atoms with van der Waals surface area (Å²) in [6, 6.07) is 11.8. The number of anilines is 1. The topological polar surface area (TPSA) is 166 Å². The molecule has 0 spiro atoms. The zero-order valence-corrected chi connectivity index (χ0v) is 32.1.